The predicted octanol–water partition coefficient (Wildman–Crippen LogP) is 3.65. The maximum atomic E-state index is 12.5. The molecule has 1 unspecified atom stereocenters. The average molecular weight is 352 g/mol. The van der Waals surface area contributed by atoms with E-state index in [1.807, 2.05) is 31.2 Å². The second kappa shape index (κ2) is 7.77. The topological polar surface area (TPSA) is 83.4 Å². The van der Waals surface area contributed by atoms with Crippen molar-refractivity contribution in [2.45, 2.75) is 13.3 Å². The van der Waals surface area contributed by atoms with E-state index >= 15 is 0 Å². The molecule has 134 valence electrons. The summed E-state index contributed by atoms with van der Waals surface area (Å²) in [6.45, 7) is 2.40. The van der Waals surface area contributed by atoms with Crippen molar-refractivity contribution in [1.82, 2.24) is 4.90 Å². The molecule has 0 aromatic heterocycles. The van der Waals surface area contributed by atoms with Crippen LogP contribution in [0.1, 0.15) is 13.3 Å². The van der Waals surface area contributed by atoms with Crippen molar-refractivity contribution in [3.05, 3.63) is 48.6 Å². The van der Waals surface area contributed by atoms with Gasteiger partial charge >= 0.3 is 12.1 Å². The molecule has 1 atom stereocenters. The third-order valence-corrected chi connectivity index (χ3v) is 4.02. The Labute approximate surface area is 151 Å². The lowest BCUT2D eigenvalue weighted by atomic mass is 9.94. The molecule has 0 fully saturated rings. The van der Waals surface area contributed by atoms with Crippen LogP contribution in [0.5, 0.6) is 5.75 Å². The minimum absolute atomic E-state index is 0.312. The Morgan fingerprint density at radius 3 is 2.92 bits per heavy atom. The number of amidine groups is 1. The van der Waals surface area contributed by atoms with Gasteiger partial charge in [-0.2, -0.15) is 9.98 Å². The second-order valence-corrected chi connectivity index (χ2v) is 5.79. The van der Waals surface area contributed by atoms with Crippen molar-refractivity contribution >= 4 is 29.3 Å². The smallest absolute Gasteiger partial charge is 0.349 e. The van der Waals surface area contributed by atoms with Crippen LogP contribution in [0.3, 0.4) is 0 Å². The van der Waals surface area contributed by atoms with Crippen LogP contribution in [0.2, 0.25) is 0 Å². The molecule has 26 heavy (non-hydrogen) atoms. The Morgan fingerprint density at radius 2 is 2.15 bits per heavy atom. The van der Waals surface area contributed by atoms with Crippen molar-refractivity contribution in [3.63, 3.8) is 0 Å². The number of anilines is 1. The first-order chi connectivity index (χ1) is 12.6. The third-order valence-electron chi connectivity index (χ3n) is 4.02. The fourth-order valence-corrected chi connectivity index (χ4v) is 2.85. The number of rotatable bonds is 4. The van der Waals surface area contributed by atoms with E-state index in [0.29, 0.717) is 29.5 Å². The second-order valence-electron chi connectivity index (χ2n) is 5.79. The van der Waals surface area contributed by atoms with Gasteiger partial charge in [0.25, 0.3) is 0 Å². The number of hydrogen-bond donors (Lipinski definition) is 1. The number of amides is 4. The highest BCUT2D eigenvalue weighted by Gasteiger charge is 2.34. The number of methoxy groups -OCH3 is 1. The van der Waals surface area contributed by atoms with Gasteiger partial charge in [0.1, 0.15) is 11.6 Å². The predicted molar refractivity (Wildman–Crippen MR) is 101 cm³/mol. The van der Waals surface area contributed by atoms with E-state index in [2.05, 4.69) is 15.3 Å². The zero-order valence-corrected chi connectivity index (χ0v) is 14.7. The number of benzene rings is 1. The van der Waals surface area contributed by atoms with Gasteiger partial charge < -0.3 is 10.1 Å². The number of carbonyl (C=O) groups is 2. The van der Waals surface area contributed by atoms with Crippen LogP contribution in [0.4, 0.5) is 15.3 Å². The normalized spacial score (nSPS) is 20.0. The van der Waals surface area contributed by atoms with Gasteiger partial charge in [0.15, 0.2) is 0 Å². The zero-order chi connectivity index (χ0) is 18.5. The minimum atomic E-state index is -0.567. The maximum absolute atomic E-state index is 12.5. The van der Waals surface area contributed by atoms with Crippen molar-refractivity contribution in [3.8, 4) is 5.75 Å². The lowest BCUT2D eigenvalue weighted by Gasteiger charge is -2.31. The van der Waals surface area contributed by atoms with E-state index in [1.54, 1.807) is 24.3 Å². The molecule has 7 heteroatoms. The molecule has 1 aliphatic carbocycles. The van der Waals surface area contributed by atoms with Crippen molar-refractivity contribution in [1.29, 1.82) is 0 Å². The van der Waals surface area contributed by atoms with Crippen molar-refractivity contribution in [2.24, 2.45) is 15.9 Å². The van der Waals surface area contributed by atoms with Gasteiger partial charge in [-0.3, -0.25) is 4.90 Å². The molecule has 2 aliphatic rings. The van der Waals surface area contributed by atoms with E-state index in [-0.39, 0.29) is 5.92 Å². The Balaban J connectivity index is 1.91. The molecule has 1 heterocycles. The Hall–Kier alpha value is -3.22. The summed E-state index contributed by atoms with van der Waals surface area (Å²) in [5.41, 5.74) is 1.11. The number of aliphatic imine (C=N–C) groups is 2. The number of para-hydroxylation sites is 2. The lowest BCUT2D eigenvalue weighted by Crippen LogP contribution is -2.47. The summed E-state index contributed by atoms with van der Waals surface area (Å²) in [7, 11) is 1.53. The molecule has 7 nitrogen and oxygen atoms in total. The summed E-state index contributed by atoms with van der Waals surface area (Å²) in [6, 6.07) is 6.10. The van der Waals surface area contributed by atoms with E-state index < -0.39 is 12.1 Å². The molecule has 0 bridgehead atoms. The molecular weight excluding hydrogens is 332 g/mol. The van der Waals surface area contributed by atoms with Gasteiger partial charge in [-0.25, -0.2) is 9.59 Å². The lowest BCUT2D eigenvalue weighted by molar-refractivity contribution is 0.228. The number of hydrogen-bond acceptors (Lipinski definition) is 3. The molecule has 0 saturated heterocycles. The Kier molecular flexibility index (Phi) is 5.26. The highest BCUT2D eigenvalue weighted by Crippen LogP contribution is 2.24. The SMILES string of the molecule is CCCN1C(=O)N=C2C=CC=CC2/C1=N/C(=O)Nc1ccccc1OC. The van der Waals surface area contributed by atoms with Gasteiger partial charge in [-0.15, -0.1) is 0 Å². The van der Waals surface area contributed by atoms with E-state index in [4.69, 9.17) is 4.74 Å². The maximum Gasteiger partial charge on any atom is 0.349 e. The summed E-state index contributed by atoms with van der Waals surface area (Å²) in [5, 5.41) is 2.71. The molecule has 0 saturated carbocycles. The Bertz CT molecular complexity index is 839. The standard InChI is InChI=1S/C19H20N4O3/c1-3-12-23-17(13-8-4-5-9-14(13)21-19(23)25)22-18(24)20-15-10-6-7-11-16(15)26-2/h4-11,13H,3,12H2,1-2H3,(H,20,24)/b22-17-. The zero-order valence-electron chi connectivity index (χ0n) is 14.7. The molecule has 0 radical (unpaired) electrons. The number of allylic oxidation sites excluding steroid dienone is 3. The monoisotopic (exact) mass is 352 g/mol. The molecule has 4 amide bonds. The van der Waals surface area contributed by atoms with Crippen LogP contribution >= 0.6 is 0 Å². The van der Waals surface area contributed by atoms with E-state index in [1.165, 1.54) is 12.0 Å². The molecule has 1 aromatic rings. The molecular formula is C19H20N4O3. The van der Waals surface area contributed by atoms with Gasteiger partial charge in [0.2, 0.25) is 0 Å². The van der Waals surface area contributed by atoms with Gasteiger partial charge in [-0.05, 0) is 24.6 Å². The number of nitrogens with zero attached hydrogens (tertiary/aromatic N) is 3. The van der Waals surface area contributed by atoms with Crippen LogP contribution in [0.25, 0.3) is 0 Å². The summed E-state index contributed by atoms with van der Waals surface area (Å²) in [4.78, 5) is 34.6. The fourth-order valence-electron chi connectivity index (χ4n) is 2.85. The first kappa shape index (κ1) is 17.6. The minimum Gasteiger partial charge on any atom is -0.495 e. The van der Waals surface area contributed by atoms with Gasteiger partial charge in [0.05, 0.1) is 24.4 Å². The molecule has 1 aliphatic heterocycles. The first-order valence-corrected chi connectivity index (χ1v) is 8.41. The summed E-state index contributed by atoms with van der Waals surface area (Å²) < 4.78 is 5.23. The van der Waals surface area contributed by atoms with Gasteiger partial charge in [0, 0.05) is 6.54 Å². The van der Waals surface area contributed by atoms with Crippen LogP contribution in [0, 0.1) is 5.92 Å². The average Bonchev–Trinajstić information content (AvgIpc) is 2.65. The third kappa shape index (κ3) is 3.56. The number of ether oxygens (including phenoxy) is 1. The molecule has 3 rings (SSSR count). The van der Waals surface area contributed by atoms with Crippen LogP contribution in [-0.2, 0) is 0 Å². The van der Waals surface area contributed by atoms with E-state index in [0.717, 1.165) is 6.42 Å². The first-order valence-electron chi connectivity index (χ1n) is 8.41. The highest BCUT2D eigenvalue weighted by molar-refractivity contribution is 6.24. The van der Waals surface area contributed by atoms with Crippen molar-refractivity contribution in [2.75, 3.05) is 19.0 Å². The van der Waals surface area contributed by atoms with E-state index in [9.17, 15) is 9.59 Å². The number of urea groups is 2. The molecule has 1 N–H and O–H groups in total. The Morgan fingerprint density at radius 1 is 1.35 bits per heavy atom. The summed E-state index contributed by atoms with van der Waals surface area (Å²) in [6.07, 6.45) is 8.04. The summed E-state index contributed by atoms with van der Waals surface area (Å²) in [5.74, 6) is 0.608. The summed E-state index contributed by atoms with van der Waals surface area (Å²) >= 11 is 0. The van der Waals surface area contributed by atoms with Crippen LogP contribution < -0.4 is 10.1 Å². The van der Waals surface area contributed by atoms with Crippen LogP contribution in [-0.4, -0.2) is 42.2 Å². The van der Waals surface area contributed by atoms with Gasteiger partial charge in [-0.1, -0.05) is 37.3 Å². The van der Waals surface area contributed by atoms with Crippen molar-refractivity contribution < 1.29 is 14.3 Å². The fraction of sp³-hybridized carbons (Fsp3) is 0.263. The number of carbonyl (C=O) groups excluding carboxylic acids is 2. The molecule has 0 spiro atoms. The largest absolute Gasteiger partial charge is 0.495 e. The number of nitrogens with one attached hydrogen (secondary N) is 1. The highest BCUT2D eigenvalue weighted by atomic mass is 16.5. The number of fused-ring (bicyclic) bond motifs is 1. The quantitative estimate of drug-likeness (QED) is 0.898. The van der Waals surface area contributed by atoms with Crippen LogP contribution in [0.15, 0.2) is 58.6 Å². The molecule has 1 aromatic carbocycles.